The lowest BCUT2D eigenvalue weighted by atomic mass is 9.98. The van der Waals surface area contributed by atoms with Crippen molar-refractivity contribution in [2.24, 2.45) is 5.92 Å². The van der Waals surface area contributed by atoms with Gasteiger partial charge in [0, 0.05) is 6.54 Å². The molecule has 0 atom stereocenters. The van der Waals surface area contributed by atoms with Gasteiger partial charge < -0.3 is 5.11 Å². The number of halogens is 1. The summed E-state index contributed by atoms with van der Waals surface area (Å²) in [4.78, 5) is 2.40. The fourth-order valence-electron chi connectivity index (χ4n) is 2.38. The van der Waals surface area contributed by atoms with Gasteiger partial charge in [0.25, 0.3) is 0 Å². The summed E-state index contributed by atoms with van der Waals surface area (Å²) in [6.45, 7) is 5.11. The average Bonchev–Trinajstić information content (AvgIpc) is 2.42. The standard InChI is InChI=1S/C16H20FNO/c1-13-6-8-18(9-7-13)12-14-4-5-16(17)15(11-14)3-2-10-19/h4-5,11,13,19H,6-10,12H2,1H3. The predicted octanol–water partition coefficient (Wildman–Crippen LogP) is 2.40. The molecule has 0 amide bonds. The molecular formula is C16H20FNO. The predicted molar refractivity (Wildman–Crippen MR) is 74.0 cm³/mol. The number of rotatable bonds is 2. The Morgan fingerprint density at radius 3 is 2.79 bits per heavy atom. The molecule has 0 bridgehead atoms. The number of aliphatic hydroxyl groups excluding tert-OH is 1. The van der Waals surface area contributed by atoms with Crippen molar-refractivity contribution in [3.63, 3.8) is 0 Å². The maximum Gasteiger partial charge on any atom is 0.138 e. The van der Waals surface area contributed by atoms with Crippen LogP contribution in [0.1, 0.15) is 30.9 Å². The number of likely N-dealkylation sites (tertiary alicyclic amines) is 1. The zero-order valence-corrected chi connectivity index (χ0v) is 11.3. The first-order valence-corrected chi connectivity index (χ1v) is 6.79. The normalized spacial score (nSPS) is 17.0. The lowest BCUT2D eigenvalue weighted by Gasteiger charge is -2.30. The van der Waals surface area contributed by atoms with Crippen molar-refractivity contribution in [3.05, 3.63) is 35.1 Å². The summed E-state index contributed by atoms with van der Waals surface area (Å²) in [5, 5.41) is 8.67. The molecular weight excluding hydrogens is 241 g/mol. The first kappa shape index (κ1) is 14.0. The van der Waals surface area contributed by atoms with Crippen molar-refractivity contribution < 1.29 is 9.50 Å². The quantitative estimate of drug-likeness (QED) is 0.826. The fourth-order valence-corrected chi connectivity index (χ4v) is 2.38. The molecule has 3 heteroatoms. The van der Waals surface area contributed by atoms with Crippen molar-refractivity contribution in [2.75, 3.05) is 19.7 Å². The van der Waals surface area contributed by atoms with Crippen LogP contribution in [0, 0.1) is 23.6 Å². The van der Waals surface area contributed by atoms with Crippen LogP contribution in [0.25, 0.3) is 0 Å². The maximum atomic E-state index is 13.5. The Kier molecular flexibility index (Phi) is 4.95. The van der Waals surface area contributed by atoms with Crippen LogP contribution in [0.15, 0.2) is 18.2 Å². The zero-order valence-electron chi connectivity index (χ0n) is 11.3. The first-order chi connectivity index (χ1) is 9.19. The van der Waals surface area contributed by atoms with E-state index in [9.17, 15) is 4.39 Å². The van der Waals surface area contributed by atoms with E-state index >= 15 is 0 Å². The summed E-state index contributed by atoms with van der Waals surface area (Å²) in [6, 6.07) is 5.07. The summed E-state index contributed by atoms with van der Waals surface area (Å²) in [5.74, 6) is 5.64. The van der Waals surface area contributed by atoms with E-state index in [1.807, 2.05) is 6.07 Å². The summed E-state index contributed by atoms with van der Waals surface area (Å²) >= 11 is 0. The fraction of sp³-hybridized carbons (Fsp3) is 0.500. The molecule has 0 spiro atoms. The molecule has 1 saturated heterocycles. The molecule has 1 heterocycles. The molecule has 1 aliphatic heterocycles. The van der Waals surface area contributed by atoms with Crippen molar-refractivity contribution in [2.45, 2.75) is 26.3 Å². The van der Waals surface area contributed by atoms with Crippen molar-refractivity contribution in [3.8, 4) is 11.8 Å². The second-order valence-electron chi connectivity index (χ2n) is 5.23. The van der Waals surface area contributed by atoms with E-state index in [1.165, 1.54) is 18.9 Å². The van der Waals surface area contributed by atoms with Crippen LogP contribution in [0.4, 0.5) is 4.39 Å². The number of piperidine rings is 1. The van der Waals surface area contributed by atoms with Crippen LogP contribution in [0.2, 0.25) is 0 Å². The van der Waals surface area contributed by atoms with Gasteiger partial charge in [0.15, 0.2) is 0 Å². The summed E-state index contributed by atoms with van der Waals surface area (Å²) in [7, 11) is 0. The molecule has 1 N–H and O–H groups in total. The summed E-state index contributed by atoms with van der Waals surface area (Å²) < 4.78 is 13.5. The largest absolute Gasteiger partial charge is 0.384 e. The minimum absolute atomic E-state index is 0.242. The van der Waals surface area contributed by atoms with Crippen LogP contribution < -0.4 is 0 Å². The van der Waals surface area contributed by atoms with Gasteiger partial charge in [-0.1, -0.05) is 24.8 Å². The Hall–Kier alpha value is -1.37. The number of benzene rings is 1. The molecule has 1 aromatic rings. The Bertz CT molecular complexity index is 481. The first-order valence-electron chi connectivity index (χ1n) is 6.79. The minimum Gasteiger partial charge on any atom is -0.384 e. The van der Waals surface area contributed by atoms with Crippen LogP contribution in [0.3, 0.4) is 0 Å². The van der Waals surface area contributed by atoms with Gasteiger partial charge in [0.1, 0.15) is 12.4 Å². The van der Waals surface area contributed by atoms with Crippen LogP contribution in [0.5, 0.6) is 0 Å². The lowest BCUT2D eigenvalue weighted by Crippen LogP contribution is -2.32. The van der Waals surface area contributed by atoms with Crippen LogP contribution in [-0.4, -0.2) is 29.7 Å². The lowest BCUT2D eigenvalue weighted by molar-refractivity contribution is 0.185. The van der Waals surface area contributed by atoms with Gasteiger partial charge in [-0.2, -0.15) is 0 Å². The summed E-state index contributed by atoms with van der Waals surface area (Å²) in [6.07, 6.45) is 2.47. The highest BCUT2D eigenvalue weighted by Crippen LogP contribution is 2.19. The zero-order chi connectivity index (χ0) is 13.7. The van der Waals surface area contributed by atoms with Gasteiger partial charge >= 0.3 is 0 Å². The second kappa shape index (κ2) is 6.70. The molecule has 0 unspecified atom stereocenters. The Balaban J connectivity index is 2.04. The molecule has 0 saturated carbocycles. The van der Waals surface area contributed by atoms with E-state index in [1.54, 1.807) is 6.07 Å². The molecule has 102 valence electrons. The Morgan fingerprint density at radius 2 is 2.11 bits per heavy atom. The monoisotopic (exact) mass is 261 g/mol. The summed E-state index contributed by atoms with van der Waals surface area (Å²) in [5.41, 5.74) is 1.45. The number of nitrogens with zero attached hydrogens (tertiary/aromatic N) is 1. The van der Waals surface area contributed by atoms with Crippen LogP contribution in [-0.2, 0) is 6.54 Å². The van der Waals surface area contributed by atoms with Gasteiger partial charge in [-0.15, -0.1) is 0 Å². The number of aliphatic hydroxyl groups is 1. The smallest absolute Gasteiger partial charge is 0.138 e. The third kappa shape index (κ3) is 4.05. The molecule has 1 aliphatic rings. The van der Waals surface area contributed by atoms with Crippen LogP contribution >= 0.6 is 0 Å². The maximum absolute atomic E-state index is 13.5. The van der Waals surface area contributed by atoms with E-state index in [2.05, 4.69) is 23.7 Å². The molecule has 19 heavy (non-hydrogen) atoms. The van der Waals surface area contributed by atoms with E-state index < -0.39 is 0 Å². The van der Waals surface area contributed by atoms with Crippen molar-refractivity contribution in [1.82, 2.24) is 4.90 Å². The molecule has 1 fully saturated rings. The van der Waals surface area contributed by atoms with Crippen molar-refractivity contribution in [1.29, 1.82) is 0 Å². The van der Waals surface area contributed by atoms with E-state index in [4.69, 9.17) is 5.11 Å². The Labute approximate surface area is 114 Å². The molecule has 0 radical (unpaired) electrons. The number of hydrogen-bond acceptors (Lipinski definition) is 2. The third-order valence-electron chi connectivity index (χ3n) is 3.62. The van der Waals surface area contributed by atoms with Gasteiger partial charge in [-0.3, -0.25) is 4.90 Å². The van der Waals surface area contributed by atoms with Gasteiger partial charge in [-0.25, -0.2) is 4.39 Å². The van der Waals surface area contributed by atoms with Crippen molar-refractivity contribution >= 4 is 0 Å². The minimum atomic E-state index is -0.322. The SMILES string of the molecule is CC1CCN(Cc2ccc(F)c(C#CCO)c2)CC1. The second-order valence-corrected chi connectivity index (χ2v) is 5.23. The third-order valence-corrected chi connectivity index (χ3v) is 3.62. The Morgan fingerprint density at radius 1 is 1.37 bits per heavy atom. The highest BCUT2D eigenvalue weighted by atomic mass is 19.1. The van der Waals surface area contributed by atoms with Gasteiger partial charge in [0.2, 0.25) is 0 Å². The highest BCUT2D eigenvalue weighted by molar-refractivity contribution is 5.38. The van der Waals surface area contributed by atoms with Gasteiger partial charge in [-0.05, 0) is 49.5 Å². The molecule has 2 nitrogen and oxygen atoms in total. The van der Waals surface area contributed by atoms with Gasteiger partial charge in [0.05, 0.1) is 5.56 Å². The highest BCUT2D eigenvalue weighted by Gasteiger charge is 2.15. The molecule has 0 aliphatic carbocycles. The molecule has 0 aromatic heterocycles. The van der Waals surface area contributed by atoms with E-state index in [0.29, 0.717) is 5.56 Å². The average molecular weight is 261 g/mol. The molecule has 2 rings (SSSR count). The molecule has 1 aromatic carbocycles. The van der Waals surface area contributed by atoms with E-state index in [-0.39, 0.29) is 12.4 Å². The number of hydrogen-bond donors (Lipinski definition) is 1. The van der Waals surface area contributed by atoms with E-state index in [0.717, 1.165) is 31.1 Å². The topological polar surface area (TPSA) is 23.5 Å².